The second kappa shape index (κ2) is 3.76. The summed E-state index contributed by atoms with van der Waals surface area (Å²) in [7, 11) is 0. The SMILES string of the molecule is CCOC(=O)C1CC(=O)CS1. The van der Waals surface area contributed by atoms with Crippen molar-refractivity contribution in [3.63, 3.8) is 0 Å². The average molecular weight is 174 g/mol. The Labute approximate surface area is 69.5 Å². The second-order valence-electron chi connectivity index (χ2n) is 2.29. The topological polar surface area (TPSA) is 43.4 Å². The first kappa shape index (κ1) is 8.59. The van der Waals surface area contributed by atoms with Gasteiger partial charge in [0.25, 0.3) is 0 Å². The molecule has 0 radical (unpaired) electrons. The summed E-state index contributed by atoms with van der Waals surface area (Å²) in [6.45, 7) is 2.16. The van der Waals surface area contributed by atoms with Gasteiger partial charge in [0.05, 0.1) is 12.4 Å². The minimum absolute atomic E-state index is 0.146. The summed E-state index contributed by atoms with van der Waals surface area (Å²) in [5.74, 6) is 0.361. The predicted octanol–water partition coefficient (Wildman–Crippen LogP) is 0.624. The number of ether oxygens (including phenoxy) is 1. The third-order valence-electron chi connectivity index (χ3n) is 1.41. The molecule has 1 saturated heterocycles. The number of Topliss-reactive ketones (excluding diaryl/α,β-unsaturated/α-hetero) is 1. The van der Waals surface area contributed by atoms with Gasteiger partial charge in [0.1, 0.15) is 11.0 Å². The van der Waals surface area contributed by atoms with Gasteiger partial charge >= 0.3 is 5.97 Å². The fourth-order valence-corrected chi connectivity index (χ4v) is 1.92. The molecule has 0 aromatic carbocycles. The van der Waals surface area contributed by atoms with Crippen molar-refractivity contribution >= 4 is 23.5 Å². The number of hydrogen-bond acceptors (Lipinski definition) is 4. The number of ketones is 1. The summed E-state index contributed by atoms with van der Waals surface area (Å²) in [4.78, 5) is 21.7. The molecule has 0 amide bonds. The lowest BCUT2D eigenvalue weighted by Crippen LogP contribution is -2.18. The van der Waals surface area contributed by atoms with Crippen LogP contribution < -0.4 is 0 Å². The summed E-state index contributed by atoms with van der Waals surface area (Å²) in [6, 6.07) is 0. The molecule has 1 atom stereocenters. The lowest BCUT2D eigenvalue weighted by molar-refractivity contribution is -0.143. The maximum absolute atomic E-state index is 11.0. The third-order valence-corrected chi connectivity index (χ3v) is 2.66. The highest BCUT2D eigenvalue weighted by atomic mass is 32.2. The molecule has 0 spiro atoms. The van der Waals surface area contributed by atoms with Crippen molar-refractivity contribution < 1.29 is 14.3 Å². The molecular weight excluding hydrogens is 164 g/mol. The zero-order chi connectivity index (χ0) is 8.27. The van der Waals surface area contributed by atoms with E-state index < -0.39 is 0 Å². The van der Waals surface area contributed by atoms with Crippen LogP contribution in [0.25, 0.3) is 0 Å². The monoisotopic (exact) mass is 174 g/mol. The van der Waals surface area contributed by atoms with Crippen LogP contribution in [0.4, 0.5) is 0 Å². The van der Waals surface area contributed by atoms with Crippen LogP contribution in [0.3, 0.4) is 0 Å². The van der Waals surface area contributed by atoms with Gasteiger partial charge in [-0.2, -0.15) is 0 Å². The molecule has 0 bridgehead atoms. The Bertz CT molecular complexity index is 179. The fourth-order valence-electron chi connectivity index (χ4n) is 0.905. The molecule has 1 rings (SSSR count). The maximum atomic E-state index is 11.0. The Kier molecular flexibility index (Phi) is 2.93. The van der Waals surface area contributed by atoms with Crippen LogP contribution in [0.5, 0.6) is 0 Å². The number of carbonyl (C=O) groups excluding carboxylic acids is 2. The number of esters is 1. The van der Waals surface area contributed by atoms with Crippen molar-refractivity contribution in [1.82, 2.24) is 0 Å². The summed E-state index contributed by atoms with van der Waals surface area (Å²) in [5.41, 5.74) is 0. The van der Waals surface area contributed by atoms with Crippen LogP contribution in [0, 0.1) is 0 Å². The van der Waals surface area contributed by atoms with Gasteiger partial charge in [-0.25, -0.2) is 0 Å². The Hall–Kier alpha value is -0.510. The van der Waals surface area contributed by atoms with E-state index in [1.165, 1.54) is 11.8 Å². The molecule has 0 N–H and O–H groups in total. The lowest BCUT2D eigenvalue weighted by atomic mass is 10.2. The highest BCUT2D eigenvalue weighted by Gasteiger charge is 2.29. The Balaban J connectivity index is 2.37. The van der Waals surface area contributed by atoms with Crippen LogP contribution in [-0.4, -0.2) is 29.4 Å². The zero-order valence-corrected chi connectivity index (χ0v) is 7.15. The Morgan fingerprint density at radius 2 is 2.55 bits per heavy atom. The number of thioether (sulfide) groups is 1. The molecule has 4 heteroatoms. The Morgan fingerprint density at radius 3 is 3.00 bits per heavy atom. The standard InChI is InChI=1S/C7H10O3S/c1-2-10-7(9)6-3-5(8)4-11-6/h6H,2-4H2,1H3. The summed E-state index contributed by atoms with van der Waals surface area (Å²) in [6.07, 6.45) is 0.351. The van der Waals surface area contributed by atoms with Gasteiger partial charge in [-0.15, -0.1) is 11.8 Å². The van der Waals surface area contributed by atoms with E-state index in [0.29, 0.717) is 18.8 Å². The molecule has 0 aliphatic carbocycles. The van der Waals surface area contributed by atoms with Crippen molar-refractivity contribution in [2.24, 2.45) is 0 Å². The first-order chi connectivity index (χ1) is 5.24. The van der Waals surface area contributed by atoms with E-state index in [-0.39, 0.29) is 17.0 Å². The maximum Gasteiger partial charge on any atom is 0.319 e. The highest BCUT2D eigenvalue weighted by molar-refractivity contribution is 8.01. The van der Waals surface area contributed by atoms with Crippen molar-refractivity contribution in [1.29, 1.82) is 0 Å². The van der Waals surface area contributed by atoms with Gasteiger partial charge in [0.2, 0.25) is 0 Å². The van der Waals surface area contributed by atoms with E-state index in [1.807, 2.05) is 0 Å². The first-order valence-electron chi connectivity index (χ1n) is 3.54. The second-order valence-corrected chi connectivity index (χ2v) is 3.49. The van der Waals surface area contributed by atoms with Gasteiger partial charge in [-0.3, -0.25) is 9.59 Å². The lowest BCUT2D eigenvalue weighted by Gasteiger charge is -2.04. The van der Waals surface area contributed by atoms with E-state index >= 15 is 0 Å². The molecule has 1 unspecified atom stereocenters. The quantitative estimate of drug-likeness (QED) is 0.576. The molecule has 0 aromatic rings. The van der Waals surface area contributed by atoms with Crippen LogP contribution in [-0.2, 0) is 14.3 Å². The summed E-state index contributed by atoms with van der Waals surface area (Å²) < 4.78 is 4.76. The van der Waals surface area contributed by atoms with Gasteiger partial charge in [0.15, 0.2) is 0 Å². The summed E-state index contributed by atoms with van der Waals surface area (Å²) in [5, 5.41) is -0.234. The molecule has 0 aromatic heterocycles. The minimum Gasteiger partial charge on any atom is -0.465 e. The molecule has 1 heterocycles. The largest absolute Gasteiger partial charge is 0.465 e. The van der Waals surface area contributed by atoms with Gasteiger partial charge in [-0.05, 0) is 6.92 Å². The van der Waals surface area contributed by atoms with E-state index in [9.17, 15) is 9.59 Å². The summed E-state index contributed by atoms with van der Waals surface area (Å²) >= 11 is 1.37. The number of hydrogen-bond donors (Lipinski definition) is 0. The first-order valence-corrected chi connectivity index (χ1v) is 4.59. The normalized spacial score (nSPS) is 23.7. The van der Waals surface area contributed by atoms with Crippen LogP contribution in [0.15, 0.2) is 0 Å². The van der Waals surface area contributed by atoms with Crippen molar-refractivity contribution in [3.8, 4) is 0 Å². The molecule has 1 aliphatic heterocycles. The van der Waals surface area contributed by atoms with E-state index in [2.05, 4.69) is 0 Å². The smallest absolute Gasteiger partial charge is 0.319 e. The molecular formula is C7H10O3S. The highest BCUT2D eigenvalue weighted by Crippen LogP contribution is 2.24. The molecule has 1 fully saturated rings. The number of carbonyl (C=O) groups is 2. The predicted molar refractivity (Wildman–Crippen MR) is 42.5 cm³/mol. The van der Waals surface area contributed by atoms with Gasteiger partial charge in [-0.1, -0.05) is 0 Å². The van der Waals surface area contributed by atoms with Gasteiger partial charge < -0.3 is 4.74 Å². The third kappa shape index (κ3) is 2.22. The van der Waals surface area contributed by atoms with E-state index in [4.69, 9.17) is 4.74 Å². The molecule has 0 saturated carbocycles. The fraction of sp³-hybridized carbons (Fsp3) is 0.714. The molecule has 62 valence electrons. The van der Waals surface area contributed by atoms with Crippen LogP contribution >= 0.6 is 11.8 Å². The van der Waals surface area contributed by atoms with Gasteiger partial charge in [0, 0.05) is 6.42 Å². The average Bonchev–Trinajstić information content (AvgIpc) is 2.36. The van der Waals surface area contributed by atoms with Crippen molar-refractivity contribution in [2.45, 2.75) is 18.6 Å². The molecule has 11 heavy (non-hydrogen) atoms. The van der Waals surface area contributed by atoms with Crippen LogP contribution in [0.1, 0.15) is 13.3 Å². The van der Waals surface area contributed by atoms with Crippen molar-refractivity contribution in [3.05, 3.63) is 0 Å². The van der Waals surface area contributed by atoms with Crippen LogP contribution in [0.2, 0.25) is 0 Å². The molecule has 3 nitrogen and oxygen atoms in total. The molecule has 1 aliphatic rings. The van der Waals surface area contributed by atoms with E-state index in [1.54, 1.807) is 6.92 Å². The minimum atomic E-state index is -0.247. The number of rotatable bonds is 2. The van der Waals surface area contributed by atoms with Crippen molar-refractivity contribution in [2.75, 3.05) is 12.4 Å². The Morgan fingerprint density at radius 1 is 1.82 bits per heavy atom. The zero-order valence-electron chi connectivity index (χ0n) is 6.33. The van der Waals surface area contributed by atoms with E-state index in [0.717, 1.165) is 0 Å².